The lowest BCUT2D eigenvalue weighted by Gasteiger charge is -2.23. The summed E-state index contributed by atoms with van der Waals surface area (Å²) in [6.07, 6.45) is 2.52. The largest absolute Gasteiger partial charge is 0.396 e. The first-order chi connectivity index (χ1) is 8.30. The summed E-state index contributed by atoms with van der Waals surface area (Å²) in [4.78, 5) is 6.73. The van der Waals surface area contributed by atoms with Gasteiger partial charge < -0.3 is 10.1 Å². The highest BCUT2D eigenvalue weighted by atomic mass is 32.2. The van der Waals surface area contributed by atoms with Gasteiger partial charge in [-0.2, -0.15) is 0 Å². The third-order valence-corrected chi connectivity index (χ3v) is 4.07. The summed E-state index contributed by atoms with van der Waals surface area (Å²) in [6, 6.07) is 0. The van der Waals surface area contributed by atoms with Crippen LogP contribution in [0.2, 0.25) is 0 Å². The number of H-pyrrole nitrogens is 1. The molecule has 0 saturated carbocycles. The minimum Gasteiger partial charge on any atom is -0.396 e. The first-order valence-corrected chi connectivity index (χ1v) is 7.43. The van der Waals surface area contributed by atoms with Crippen molar-refractivity contribution in [2.24, 2.45) is 5.41 Å². The van der Waals surface area contributed by atoms with Crippen molar-refractivity contribution in [3.63, 3.8) is 0 Å². The van der Waals surface area contributed by atoms with Crippen molar-refractivity contribution in [2.75, 3.05) is 13.2 Å². The Kier molecular flexibility index (Phi) is 4.89. The van der Waals surface area contributed by atoms with Crippen LogP contribution in [-0.4, -0.2) is 36.6 Å². The number of sulfonamides is 1. The number of aromatic amines is 1. The van der Waals surface area contributed by atoms with Crippen LogP contribution in [0.3, 0.4) is 0 Å². The Labute approximate surface area is 108 Å². The molecule has 0 fully saturated rings. The van der Waals surface area contributed by atoms with Crippen LogP contribution in [0.5, 0.6) is 0 Å². The summed E-state index contributed by atoms with van der Waals surface area (Å²) in [5, 5.41) is 8.97. The van der Waals surface area contributed by atoms with Crippen molar-refractivity contribution in [2.45, 2.75) is 38.6 Å². The monoisotopic (exact) mass is 275 g/mol. The third-order valence-electron chi connectivity index (χ3n) is 2.76. The van der Waals surface area contributed by atoms with Gasteiger partial charge >= 0.3 is 0 Å². The summed E-state index contributed by atoms with van der Waals surface area (Å²) in [5.41, 5.74) is -0.282. The third kappa shape index (κ3) is 4.08. The molecule has 1 aromatic rings. The Morgan fingerprint density at radius 3 is 2.67 bits per heavy atom. The van der Waals surface area contributed by atoms with Crippen LogP contribution in [0.4, 0.5) is 0 Å². The fourth-order valence-electron chi connectivity index (χ4n) is 1.42. The molecule has 0 aromatic carbocycles. The molecule has 0 spiro atoms. The fraction of sp³-hybridized carbons (Fsp3) is 0.727. The molecule has 18 heavy (non-hydrogen) atoms. The number of hydrogen-bond donors (Lipinski definition) is 3. The van der Waals surface area contributed by atoms with Crippen LogP contribution in [0.15, 0.2) is 11.2 Å². The quantitative estimate of drug-likeness (QED) is 0.681. The molecular weight excluding hydrogens is 254 g/mol. The van der Waals surface area contributed by atoms with Gasteiger partial charge in [-0.1, -0.05) is 20.8 Å². The number of aliphatic hydroxyl groups is 1. The molecule has 104 valence electrons. The molecule has 0 aliphatic rings. The summed E-state index contributed by atoms with van der Waals surface area (Å²) in [7, 11) is -3.55. The Morgan fingerprint density at radius 1 is 1.50 bits per heavy atom. The van der Waals surface area contributed by atoms with E-state index in [0.717, 1.165) is 0 Å². The van der Waals surface area contributed by atoms with E-state index >= 15 is 0 Å². The maximum atomic E-state index is 12.0. The van der Waals surface area contributed by atoms with Gasteiger partial charge in [0, 0.05) is 19.6 Å². The van der Waals surface area contributed by atoms with Gasteiger partial charge in [0.2, 0.25) is 0 Å². The molecule has 0 bridgehead atoms. The lowest BCUT2D eigenvalue weighted by molar-refractivity contribution is 0.213. The van der Waals surface area contributed by atoms with Gasteiger partial charge in [-0.3, -0.25) is 0 Å². The fourth-order valence-corrected chi connectivity index (χ4v) is 2.60. The van der Waals surface area contributed by atoms with E-state index in [9.17, 15) is 8.42 Å². The number of hydrogen-bond acceptors (Lipinski definition) is 4. The number of aliphatic hydroxyl groups excluding tert-OH is 1. The molecule has 6 nitrogen and oxygen atoms in total. The first-order valence-electron chi connectivity index (χ1n) is 5.95. The number of imidazole rings is 1. The van der Waals surface area contributed by atoms with Crippen molar-refractivity contribution in [1.82, 2.24) is 14.7 Å². The van der Waals surface area contributed by atoms with Gasteiger partial charge in [-0.15, -0.1) is 0 Å². The normalized spacial score (nSPS) is 12.9. The summed E-state index contributed by atoms with van der Waals surface area (Å²) in [6.45, 7) is 6.01. The number of aryl methyl sites for hydroxylation is 1. The van der Waals surface area contributed by atoms with Crippen molar-refractivity contribution in [3.8, 4) is 0 Å². The minimum absolute atomic E-state index is 0.0404. The maximum absolute atomic E-state index is 12.0. The average Bonchev–Trinajstić information content (AvgIpc) is 2.76. The van der Waals surface area contributed by atoms with E-state index < -0.39 is 10.0 Å². The maximum Gasteiger partial charge on any atom is 0.257 e. The van der Waals surface area contributed by atoms with Gasteiger partial charge in [-0.05, 0) is 11.8 Å². The van der Waals surface area contributed by atoms with Crippen LogP contribution in [-0.2, 0) is 16.4 Å². The highest BCUT2D eigenvalue weighted by Crippen LogP contribution is 2.19. The van der Waals surface area contributed by atoms with Gasteiger partial charge in [0.05, 0.1) is 6.20 Å². The molecule has 0 aliphatic heterocycles. The second kappa shape index (κ2) is 5.81. The zero-order chi connectivity index (χ0) is 13.8. The van der Waals surface area contributed by atoms with Gasteiger partial charge in [0.1, 0.15) is 5.82 Å². The Morgan fingerprint density at radius 2 is 2.17 bits per heavy atom. The summed E-state index contributed by atoms with van der Waals surface area (Å²) >= 11 is 0. The predicted molar refractivity (Wildman–Crippen MR) is 68.6 cm³/mol. The highest BCUT2D eigenvalue weighted by Gasteiger charge is 2.23. The van der Waals surface area contributed by atoms with Crippen molar-refractivity contribution in [1.29, 1.82) is 0 Å². The molecule has 0 amide bonds. The lowest BCUT2D eigenvalue weighted by Crippen LogP contribution is -2.34. The molecule has 1 heterocycles. The number of nitrogens with zero attached hydrogens (tertiary/aromatic N) is 1. The Balaban J connectivity index is 2.71. The zero-order valence-electron chi connectivity index (χ0n) is 11.0. The van der Waals surface area contributed by atoms with Crippen LogP contribution < -0.4 is 4.72 Å². The van der Waals surface area contributed by atoms with Gasteiger partial charge in [-0.25, -0.2) is 18.1 Å². The van der Waals surface area contributed by atoms with Gasteiger partial charge in [0.25, 0.3) is 10.0 Å². The molecule has 0 saturated heterocycles. The smallest absolute Gasteiger partial charge is 0.257 e. The molecule has 0 radical (unpaired) electrons. The second-order valence-corrected chi connectivity index (χ2v) is 6.75. The standard InChI is InChI=1S/C11H21N3O3S/c1-4-9-12-7-10(14-9)18(16,17)13-8-11(2,3)5-6-15/h7,13,15H,4-6,8H2,1-3H3,(H,12,14). The number of rotatable bonds is 7. The highest BCUT2D eigenvalue weighted by molar-refractivity contribution is 7.89. The van der Waals surface area contributed by atoms with Crippen LogP contribution >= 0.6 is 0 Å². The zero-order valence-corrected chi connectivity index (χ0v) is 11.8. The van der Waals surface area contributed by atoms with Crippen molar-refractivity contribution < 1.29 is 13.5 Å². The predicted octanol–water partition coefficient (Wildman–Crippen LogP) is 0.659. The second-order valence-electron chi connectivity index (χ2n) is 5.01. The molecular formula is C11H21N3O3S. The van der Waals surface area contributed by atoms with E-state index in [1.54, 1.807) is 0 Å². The van der Waals surface area contributed by atoms with Crippen LogP contribution in [0.25, 0.3) is 0 Å². The van der Waals surface area contributed by atoms with E-state index in [2.05, 4.69) is 14.7 Å². The molecule has 3 N–H and O–H groups in total. The number of nitrogens with one attached hydrogen (secondary N) is 2. The van der Waals surface area contributed by atoms with E-state index in [-0.39, 0.29) is 23.6 Å². The average molecular weight is 275 g/mol. The van der Waals surface area contributed by atoms with Crippen LogP contribution in [0.1, 0.15) is 33.0 Å². The van der Waals surface area contributed by atoms with E-state index in [1.165, 1.54) is 6.20 Å². The van der Waals surface area contributed by atoms with Crippen molar-refractivity contribution >= 4 is 10.0 Å². The molecule has 7 heteroatoms. The van der Waals surface area contributed by atoms with E-state index in [1.807, 2.05) is 20.8 Å². The number of aromatic nitrogens is 2. The van der Waals surface area contributed by atoms with Gasteiger partial charge in [0.15, 0.2) is 5.03 Å². The van der Waals surface area contributed by atoms with E-state index in [4.69, 9.17) is 5.11 Å². The van der Waals surface area contributed by atoms with Crippen molar-refractivity contribution in [3.05, 3.63) is 12.0 Å². The molecule has 0 aliphatic carbocycles. The topological polar surface area (TPSA) is 95.1 Å². The minimum atomic E-state index is -3.55. The Hall–Kier alpha value is -0.920. The molecule has 1 rings (SSSR count). The van der Waals surface area contributed by atoms with E-state index in [0.29, 0.717) is 18.7 Å². The Bertz CT molecular complexity index is 479. The lowest BCUT2D eigenvalue weighted by atomic mass is 9.90. The molecule has 0 atom stereocenters. The molecule has 0 unspecified atom stereocenters. The van der Waals surface area contributed by atoms with Crippen LogP contribution in [0, 0.1) is 5.41 Å². The molecule has 1 aromatic heterocycles. The summed E-state index contributed by atoms with van der Waals surface area (Å²) in [5.74, 6) is 0.644. The SMILES string of the molecule is CCc1ncc(S(=O)(=O)NCC(C)(C)CCO)[nH]1. The first kappa shape index (κ1) is 15.1. The summed E-state index contributed by atoms with van der Waals surface area (Å²) < 4.78 is 26.5.